The Morgan fingerprint density at radius 2 is 2.05 bits per heavy atom. The van der Waals surface area contributed by atoms with Crippen LogP contribution in [0.1, 0.15) is 56.2 Å². The van der Waals surface area contributed by atoms with Gasteiger partial charge in [-0.15, -0.1) is 0 Å². The summed E-state index contributed by atoms with van der Waals surface area (Å²) < 4.78 is 5.82. The molecular weight excluding hydrogens is 250 g/mol. The molecule has 3 heteroatoms. The van der Waals surface area contributed by atoms with Crippen molar-refractivity contribution in [3.63, 3.8) is 0 Å². The molecule has 1 fully saturated rings. The smallest absolute Gasteiger partial charge is 0.124 e. The average molecular weight is 277 g/mol. The topological polar surface area (TPSA) is 55.5 Å². The van der Waals surface area contributed by atoms with Crippen LogP contribution in [0.3, 0.4) is 0 Å². The molecule has 0 bridgehead atoms. The molecule has 0 aromatic heterocycles. The van der Waals surface area contributed by atoms with Gasteiger partial charge in [-0.2, -0.15) is 0 Å². The van der Waals surface area contributed by atoms with Gasteiger partial charge >= 0.3 is 0 Å². The van der Waals surface area contributed by atoms with Crippen LogP contribution in [0.5, 0.6) is 5.75 Å². The molecule has 0 saturated heterocycles. The highest BCUT2D eigenvalue weighted by Crippen LogP contribution is 2.29. The quantitative estimate of drug-likeness (QED) is 0.838. The van der Waals surface area contributed by atoms with E-state index in [9.17, 15) is 5.11 Å². The standard InChI is InChI=1S/C17H27NO2/c1-12-7-8-16(13(2)18)17(9-12)20-11-15(19)10-14-5-3-4-6-14/h7-9,13-15,19H,3-6,10-11,18H2,1-2H3/t13-,15?/m1/s1. The van der Waals surface area contributed by atoms with Crippen molar-refractivity contribution in [3.8, 4) is 5.75 Å². The van der Waals surface area contributed by atoms with Gasteiger partial charge in [0.05, 0.1) is 6.10 Å². The van der Waals surface area contributed by atoms with Crippen LogP contribution in [-0.4, -0.2) is 17.8 Å². The molecule has 1 aliphatic rings. The molecule has 112 valence electrons. The Morgan fingerprint density at radius 3 is 2.70 bits per heavy atom. The molecule has 3 N–H and O–H groups in total. The number of hydrogen-bond donors (Lipinski definition) is 2. The van der Waals surface area contributed by atoms with Crippen molar-refractivity contribution in [2.45, 2.75) is 58.1 Å². The van der Waals surface area contributed by atoms with Crippen LogP contribution in [-0.2, 0) is 0 Å². The van der Waals surface area contributed by atoms with Crippen molar-refractivity contribution in [1.29, 1.82) is 0 Å². The molecule has 0 spiro atoms. The van der Waals surface area contributed by atoms with E-state index in [1.807, 2.05) is 32.0 Å². The van der Waals surface area contributed by atoms with Gasteiger partial charge in [0, 0.05) is 11.6 Å². The SMILES string of the molecule is Cc1ccc([C@@H](C)N)c(OCC(O)CC2CCCC2)c1. The summed E-state index contributed by atoms with van der Waals surface area (Å²) in [4.78, 5) is 0. The van der Waals surface area contributed by atoms with Crippen LogP contribution < -0.4 is 10.5 Å². The van der Waals surface area contributed by atoms with E-state index in [4.69, 9.17) is 10.5 Å². The van der Waals surface area contributed by atoms with Gasteiger partial charge in [0.1, 0.15) is 12.4 Å². The fourth-order valence-electron chi connectivity index (χ4n) is 3.03. The lowest BCUT2D eigenvalue weighted by molar-refractivity contribution is 0.0849. The molecule has 0 amide bonds. The Morgan fingerprint density at radius 1 is 1.35 bits per heavy atom. The van der Waals surface area contributed by atoms with Gasteiger partial charge in [-0.25, -0.2) is 0 Å². The van der Waals surface area contributed by atoms with Crippen LogP contribution in [0.15, 0.2) is 18.2 Å². The lowest BCUT2D eigenvalue weighted by Crippen LogP contribution is -2.21. The van der Waals surface area contributed by atoms with E-state index in [0.717, 1.165) is 23.3 Å². The van der Waals surface area contributed by atoms with E-state index in [1.54, 1.807) is 0 Å². The minimum absolute atomic E-state index is 0.0578. The molecule has 0 radical (unpaired) electrons. The highest BCUT2D eigenvalue weighted by molar-refractivity contribution is 5.38. The van der Waals surface area contributed by atoms with Crippen molar-refractivity contribution in [2.75, 3.05) is 6.61 Å². The van der Waals surface area contributed by atoms with E-state index in [1.165, 1.54) is 25.7 Å². The molecular formula is C17H27NO2. The number of ether oxygens (including phenoxy) is 1. The Labute approximate surface area is 122 Å². The van der Waals surface area contributed by atoms with E-state index in [2.05, 4.69) is 0 Å². The van der Waals surface area contributed by atoms with E-state index in [0.29, 0.717) is 12.5 Å². The Bertz CT molecular complexity index is 425. The zero-order valence-corrected chi connectivity index (χ0v) is 12.6. The molecule has 1 aliphatic carbocycles. The molecule has 2 rings (SSSR count). The molecule has 1 aromatic carbocycles. The third-order valence-corrected chi connectivity index (χ3v) is 4.17. The number of hydrogen-bond acceptors (Lipinski definition) is 3. The van der Waals surface area contributed by atoms with Gasteiger partial charge < -0.3 is 15.6 Å². The number of rotatable bonds is 6. The third kappa shape index (κ3) is 4.22. The van der Waals surface area contributed by atoms with Crippen molar-refractivity contribution >= 4 is 0 Å². The summed E-state index contributed by atoms with van der Waals surface area (Å²) in [5.41, 5.74) is 8.11. The second-order valence-electron chi connectivity index (χ2n) is 6.18. The fraction of sp³-hybridized carbons (Fsp3) is 0.647. The van der Waals surface area contributed by atoms with Gasteiger partial charge in [-0.3, -0.25) is 0 Å². The molecule has 2 atom stereocenters. The predicted octanol–water partition coefficient (Wildman–Crippen LogP) is 3.33. The number of aliphatic hydroxyl groups is 1. The molecule has 3 nitrogen and oxygen atoms in total. The van der Waals surface area contributed by atoms with Crippen molar-refractivity contribution < 1.29 is 9.84 Å². The van der Waals surface area contributed by atoms with Crippen molar-refractivity contribution in [2.24, 2.45) is 11.7 Å². The van der Waals surface area contributed by atoms with Crippen LogP contribution in [0.2, 0.25) is 0 Å². The van der Waals surface area contributed by atoms with Crippen LogP contribution in [0, 0.1) is 12.8 Å². The molecule has 20 heavy (non-hydrogen) atoms. The largest absolute Gasteiger partial charge is 0.491 e. The number of aliphatic hydroxyl groups excluding tert-OH is 1. The molecule has 1 unspecified atom stereocenters. The monoisotopic (exact) mass is 277 g/mol. The summed E-state index contributed by atoms with van der Waals surface area (Å²) in [6, 6.07) is 6.00. The van der Waals surface area contributed by atoms with Gasteiger partial charge in [-0.1, -0.05) is 37.8 Å². The first kappa shape index (κ1) is 15.3. The van der Waals surface area contributed by atoms with Crippen molar-refractivity contribution in [1.82, 2.24) is 0 Å². The normalized spacial score (nSPS) is 19.0. The van der Waals surface area contributed by atoms with Crippen LogP contribution in [0.25, 0.3) is 0 Å². The van der Waals surface area contributed by atoms with Crippen molar-refractivity contribution in [3.05, 3.63) is 29.3 Å². The predicted molar refractivity (Wildman–Crippen MR) is 81.9 cm³/mol. The average Bonchev–Trinajstić information content (AvgIpc) is 2.89. The summed E-state index contributed by atoms with van der Waals surface area (Å²) in [5.74, 6) is 1.49. The maximum atomic E-state index is 10.1. The lowest BCUT2D eigenvalue weighted by Gasteiger charge is -2.19. The fourth-order valence-corrected chi connectivity index (χ4v) is 3.03. The third-order valence-electron chi connectivity index (χ3n) is 4.17. The minimum atomic E-state index is -0.375. The van der Waals surface area contributed by atoms with Gasteiger partial charge in [-0.05, 0) is 37.8 Å². The zero-order chi connectivity index (χ0) is 14.5. The first-order chi connectivity index (χ1) is 9.56. The Hall–Kier alpha value is -1.06. The maximum absolute atomic E-state index is 10.1. The highest BCUT2D eigenvalue weighted by Gasteiger charge is 2.19. The highest BCUT2D eigenvalue weighted by atomic mass is 16.5. The summed E-state index contributed by atoms with van der Waals surface area (Å²) in [6.45, 7) is 4.35. The maximum Gasteiger partial charge on any atom is 0.124 e. The molecule has 0 heterocycles. The van der Waals surface area contributed by atoms with Gasteiger partial charge in [0.2, 0.25) is 0 Å². The van der Waals surface area contributed by atoms with Crippen LogP contribution >= 0.6 is 0 Å². The molecule has 1 saturated carbocycles. The summed E-state index contributed by atoms with van der Waals surface area (Å²) in [5, 5.41) is 10.1. The van der Waals surface area contributed by atoms with E-state index >= 15 is 0 Å². The van der Waals surface area contributed by atoms with Crippen LogP contribution in [0.4, 0.5) is 0 Å². The first-order valence-electron chi connectivity index (χ1n) is 7.73. The minimum Gasteiger partial charge on any atom is -0.491 e. The van der Waals surface area contributed by atoms with E-state index in [-0.39, 0.29) is 12.1 Å². The summed E-state index contributed by atoms with van der Waals surface area (Å²) in [6.07, 6.45) is 5.62. The lowest BCUT2D eigenvalue weighted by atomic mass is 10.0. The second kappa shape index (κ2) is 7.09. The summed E-state index contributed by atoms with van der Waals surface area (Å²) >= 11 is 0. The van der Waals surface area contributed by atoms with Gasteiger partial charge in [0.15, 0.2) is 0 Å². The van der Waals surface area contributed by atoms with Gasteiger partial charge in [0.25, 0.3) is 0 Å². The summed E-state index contributed by atoms with van der Waals surface area (Å²) in [7, 11) is 0. The molecule has 1 aromatic rings. The number of nitrogens with two attached hydrogens (primary N) is 1. The first-order valence-corrected chi connectivity index (χ1v) is 7.73. The van der Waals surface area contributed by atoms with E-state index < -0.39 is 0 Å². The number of benzene rings is 1. The Kier molecular flexibility index (Phi) is 5.44. The Balaban J connectivity index is 1.90. The zero-order valence-electron chi connectivity index (χ0n) is 12.6. The number of aryl methyl sites for hydroxylation is 1. The molecule has 0 aliphatic heterocycles. The second-order valence-corrected chi connectivity index (χ2v) is 6.18.